The van der Waals surface area contributed by atoms with Gasteiger partial charge in [0.15, 0.2) is 17.7 Å². The third kappa shape index (κ3) is 6.99. The molecule has 9 N–H and O–H groups in total. The third-order valence-electron chi connectivity index (χ3n) is 5.26. The summed E-state index contributed by atoms with van der Waals surface area (Å²) in [4.78, 5) is 38.1. The number of nitrogens with two attached hydrogens (primary N) is 2. The van der Waals surface area contributed by atoms with Gasteiger partial charge in [0, 0.05) is 6.04 Å². The van der Waals surface area contributed by atoms with Crippen molar-refractivity contribution in [3.05, 3.63) is 12.7 Å². The summed E-state index contributed by atoms with van der Waals surface area (Å²) >= 11 is 0. The number of fused-ring (bicyclic) bond motifs is 1. The van der Waals surface area contributed by atoms with Gasteiger partial charge in [-0.05, 0) is 12.8 Å². The molecule has 0 radical (unpaired) electrons. The molecule has 16 nitrogen and oxygen atoms in total. The zero-order valence-electron chi connectivity index (χ0n) is 17.9. The summed E-state index contributed by atoms with van der Waals surface area (Å²) in [5.41, 5.74) is 11.7. The van der Waals surface area contributed by atoms with E-state index >= 15 is 0 Å². The van der Waals surface area contributed by atoms with Crippen molar-refractivity contribution in [3.8, 4) is 0 Å². The Labute approximate surface area is 193 Å². The van der Waals surface area contributed by atoms with E-state index < -0.39 is 46.8 Å². The van der Waals surface area contributed by atoms with Crippen LogP contribution in [0.3, 0.4) is 0 Å². The fourth-order valence-electron chi connectivity index (χ4n) is 3.61. The van der Waals surface area contributed by atoms with Crippen LogP contribution < -0.4 is 11.5 Å². The minimum atomic E-state index is -5.29. The first kappa shape index (κ1) is 27.0. The van der Waals surface area contributed by atoms with E-state index in [1.807, 2.05) is 0 Å². The van der Waals surface area contributed by atoms with Crippen LogP contribution in [0.1, 0.15) is 38.3 Å². The highest BCUT2D eigenvalue weighted by atomic mass is 31.3. The molecule has 2 aromatic heterocycles. The van der Waals surface area contributed by atoms with Crippen molar-refractivity contribution in [2.24, 2.45) is 5.73 Å². The second kappa shape index (κ2) is 11.0. The second-order valence-corrected chi connectivity index (χ2v) is 10.7. The molecular weight excluding hydrogens is 498 g/mol. The Morgan fingerprint density at radius 3 is 2.35 bits per heavy atom. The fourth-order valence-corrected chi connectivity index (χ4v) is 5.21. The number of rotatable bonds is 6. The molecule has 34 heavy (non-hydrogen) atoms. The van der Waals surface area contributed by atoms with E-state index in [4.69, 9.17) is 26.0 Å². The molecule has 2 aromatic rings. The van der Waals surface area contributed by atoms with Crippen LogP contribution in [0.15, 0.2) is 12.7 Å². The van der Waals surface area contributed by atoms with Crippen LogP contribution >= 0.6 is 15.6 Å². The summed E-state index contributed by atoms with van der Waals surface area (Å²) in [6, 6.07) is 0.536. The lowest BCUT2D eigenvalue weighted by Gasteiger charge is -2.17. The monoisotopic (exact) mass is 526 g/mol. The quantitative estimate of drug-likeness (QED) is 0.235. The van der Waals surface area contributed by atoms with Crippen molar-refractivity contribution < 1.29 is 47.6 Å². The number of anilines is 1. The first-order valence-corrected chi connectivity index (χ1v) is 13.3. The molecule has 2 fully saturated rings. The summed E-state index contributed by atoms with van der Waals surface area (Å²) in [5, 5.41) is 20.3. The molecular formula is C16H28N6O10P2. The number of phosphoric ester groups is 1. The Hall–Kier alpha value is -1.55. The lowest BCUT2D eigenvalue weighted by molar-refractivity contribution is -0.0503. The number of ether oxygens (including phenoxy) is 1. The van der Waals surface area contributed by atoms with Crippen LogP contribution in [0.2, 0.25) is 0 Å². The van der Waals surface area contributed by atoms with E-state index in [-0.39, 0.29) is 17.0 Å². The van der Waals surface area contributed by atoms with Crippen LogP contribution in [0.4, 0.5) is 5.82 Å². The number of aromatic nitrogens is 4. The van der Waals surface area contributed by atoms with E-state index in [0.717, 1.165) is 6.33 Å². The van der Waals surface area contributed by atoms with Gasteiger partial charge in [-0.1, -0.05) is 19.3 Å². The molecule has 1 unspecified atom stereocenters. The number of imidazole rings is 1. The number of hydrogen-bond donors (Lipinski definition) is 7. The number of aliphatic hydroxyl groups excluding tert-OH is 2. The Morgan fingerprint density at radius 2 is 1.76 bits per heavy atom. The molecule has 5 atom stereocenters. The van der Waals surface area contributed by atoms with Crippen molar-refractivity contribution >= 4 is 32.6 Å². The number of aliphatic hydroxyl groups is 2. The van der Waals surface area contributed by atoms with E-state index in [9.17, 15) is 24.2 Å². The molecule has 0 aromatic carbocycles. The van der Waals surface area contributed by atoms with E-state index in [1.165, 1.54) is 43.0 Å². The minimum absolute atomic E-state index is 0.0856. The van der Waals surface area contributed by atoms with E-state index in [1.54, 1.807) is 0 Å². The maximum Gasteiger partial charge on any atom is 0.481 e. The SMILES string of the molecule is NC1CCCCC1.Nc1ncnc2c1ncn2[C@@H]1O[C@H](COP(=O)(O)OP(=O)(O)O)[C@@H](O)[C@H]1O. The Bertz CT molecular complexity index is 1060. The number of hydrogen-bond acceptors (Lipinski definition) is 12. The number of nitrogens with zero attached hydrogens (tertiary/aromatic N) is 4. The van der Waals surface area contributed by atoms with Gasteiger partial charge in [0.25, 0.3) is 0 Å². The number of phosphoric acid groups is 2. The average molecular weight is 526 g/mol. The van der Waals surface area contributed by atoms with Gasteiger partial charge >= 0.3 is 15.6 Å². The highest BCUT2D eigenvalue weighted by molar-refractivity contribution is 7.60. The lowest BCUT2D eigenvalue weighted by Crippen LogP contribution is -2.33. The molecule has 0 amide bonds. The topological polar surface area (TPSA) is 259 Å². The van der Waals surface area contributed by atoms with E-state index in [0.29, 0.717) is 6.04 Å². The van der Waals surface area contributed by atoms with Crippen LogP contribution in [0.25, 0.3) is 11.2 Å². The van der Waals surface area contributed by atoms with Crippen molar-refractivity contribution in [1.82, 2.24) is 19.5 Å². The van der Waals surface area contributed by atoms with Gasteiger partial charge in [-0.15, -0.1) is 0 Å². The largest absolute Gasteiger partial charge is 0.481 e. The van der Waals surface area contributed by atoms with Gasteiger partial charge in [-0.2, -0.15) is 4.31 Å². The zero-order chi connectivity index (χ0) is 25.1. The molecule has 3 heterocycles. The summed E-state index contributed by atoms with van der Waals surface area (Å²) in [7, 11) is -10.4. The van der Waals surface area contributed by atoms with Crippen LogP contribution in [0, 0.1) is 0 Å². The normalized spacial score (nSPS) is 27.8. The van der Waals surface area contributed by atoms with Crippen molar-refractivity contribution in [2.75, 3.05) is 12.3 Å². The van der Waals surface area contributed by atoms with Gasteiger partial charge in [0.05, 0.1) is 12.9 Å². The molecule has 0 spiro atoms. The third-order valence-corrected chi connectivity index (χ3v) is 7.41. The van der Waals surface area contributed by atoms with Gasteiger partial charge in [-0.3, -0.25) is 9.09 Å². The van der Waals surface area contributed by atoms with Crippen molar-refractivity contribution in [3.63, 3.8) is 0 Å². The number of nitrogen functional groups attached to an aromatic ring is 1. The summed E-state index contributed by atoms with van der Waals surface area (Å²) < 4.78 is 36.8. The average Bonchev–Trinajstić information content (AvgIpc) is 3.28. The highest BCUT2D eigenvalue weighted by Gasteiger charge is 2.46. The van der Waals surface area contributed by atoms with Gasteiger partial charge < -0.3 is 41.1 Å². The summed E-state index contributed by atoms with van der Waals surface area (Å²) in [6.07, 6.45) is 3.46. The van der Waals surface area contributed by atoms with Gasteiger partial charge in [-0.25, -0.2) is 24.1 Å². The van der Waals surface area contributed by atoms with Gasteiger partial charge in [0.1, 0.15) is 30.2 Å². The van der Waals surface area contributed by atoms with Gasteiger partial charge in [0.2, 0.25) is 0 Å². The molecule has 192 valence electrons. The summed E-state index contributed by atoms with van der Waals surface area (Å²) in [6.45, 7) is -0.813. The van der Waals surface area contributed by atoms with E-state index in [2.05, 4.69) is 23.8 Å². The fraction of sp³-hybridized carbons (Fsp3) is 0.688. The summed E-state index contributed by atoms with van der Waals surface area (Å²) in [5.74, 6) is 0.0856. The highest BCUT2D eigenvalue weighted by Crippen LogP contribution is 2.57. The predicted molar refractivity (Wildman–Crippen MR) is 116 cm³/mol. The molecule has 0 bridgehead atoms. The second-order valence-electron chi connectivity index (χ2n) is 7.86. The van der Waals surface area contributed by atoms with Crippen molar-refractivity contribution in [2.45, 2.75) is 62.7 Å². The first-order chi connectivity index (χ1) is 15.9. The van der Waals surface area contributed by atoms with Crippen molar-refractivity contribution in [1.29, 1.82) is 0 Å². The lowest BCUT2D eigenvalue weighted by atomic mass is 9.97. The standard InChI is InChI=1S/C10H15N5O10P2.C6H13N/c11-8-5-9(13-2-12-8)15(3-14-5)10-7(17)6(16)4(24-10)1-23-27(21,22)25-26(18,19)20;7-6-4-2-1-3-5-6/h2-4,6-7,10,16-17H,1H2,(H,21,22)(H2,11,12,13)(H2,18,19,20);6H,1-5,7H2/t4-,6-,7-,10-;/m1./s1. The zero-order valence-corrected chi connectivity index (χ0v) is 19.7. The molecule has 4 rings (SSSR count). The molecule has 1 aliphatic heterocycles. The molecule has 1 aliphatic carbocycles. The first-order valence-electron chi connectivity index (χ1n) is 10.3. The molecule has 18 heteroatoms. The van der Waals surface area contributed by atoms with Crippen LogP contribution in [-0.2, 0) is 22.7 Å². The maximum absolute atomic E-state index is 11.5. The minimum Gasteiger partial charge on any atom is -0.387 e. The predicted octanol–water partition coefficient (Wildman–Crippen LogP) is -0.468. The molecule has 1 saturated heterocycles. The maximum atomic E-state index is 11.5. The Kier molecular flexibility index (Phi) is 8.76. The molecule has 1 saturated carbocycles. The molecule has 2 aliphatic rings. The Morgan fingerprint density at radius 1 is 1.09 bits per heavy atom. The van der Waals surface area contributed by atoms with Crippen LogP contribution in [-0.4, -0.2) is 75.4 Å². The smallest absolute Gasteiger partial charge is 0.387 e. The van der Waals surface area contributed by atoms with Crippen LogP contribution in [0.5, 0.6) is 0 Å². The Balaban J connectivity index is 0.000000396.